The molecule has 4 nitrogen and oxygen atoms in total. The van der Waals surface area contributed by atoms with E-state index < -0.39 is 0 Å². The number of halogens is 2. The molecule has 0 aromatic heterocycles. The Morgan fingerprint density at radius 3 is 2.62 bits per heavy atom. The van der Waals surface area contributed by atoms with Gasteiger partial charge in [-0.3, -0.25) is 0 Å². The molecule has 0 radical (unpaired) electrons. The van der Waals surface area contributed by atoms with Gasteiger partial charge in [0, 0.05) is 16.3 Å². The highest BCUT2D eigenvalue weighted by molar-refractivity contribution is 14.0. The van der Waals surface area contributed by atoms with E-state index in [9.17, 15) is 0 Å². The highest BCUT2D eigenvalue weighted by atomic mass is 127. The fraction of sp³-hybridized carbons (Fsp3) is 0.133. The molecule has 0 aliphatic carbocycles. The molecule has 0 amide bonds. The van der Waals surface area contributed by atoms with E-state index in [1.54, 1.807) is 19.2 Å². The summed E-state index contributed by atoms with van der Waals surface area (Å²) in [7, 11) is 1.60. The molecular formula is C15H17ClIN3O. The third-order valence-electron chi connectivity index (χ3n) is 2.72. The van der Waals surface area contributed by atoms with Crippen LogP contribution in [0.15, 0.2) is 53.5 Å². The number of rotatable bonds is 4. The van der Waals surface area contributed by atoms with Crippen LogP contribution in [0.3, 0.4) is 0 Å². The van der Waals surface area contributed by atoms with Gasteiger partial charge in [0.15, 0.2) is 5.96 Å². The van der Waals surface area contributed by atoms with Crippen LogP contribution in [0, 0.1) is 0 Å². The zero-order valence-electron chi connectivity index (χ0n) is 11.5. The van der Waals surface area contributed by atoms with E-state index in [0.717, 1.165) is 11.3 Å². The average Bonchev–Trinajstić information content (AvgIpc) is 2.47. The van der Waals surface area contributed by atoms with Crippen LogP contribution < -0.4 is 15.8 Å². The molecule has 0 aliphatic rings. The number of nitrogens with two attached hydrogens (primary N) is 1. The molecular weight excluding hydrogens is 401 g/mol. The van der Waals surface area contributed by atoms with E-state index in [1.807, 2.05) is 36.4 Å². The minimum Gasteiger partial charge on any atom is -0.496 e. The van der Waals surface area contributed by atoms with Crippen LogP contribution in [-0.2, 0) is 6.54 Å². The Morgan fingerprint density at radius 2 is 1.95 bits per heavy atom. The average molecular weight is 418 g/mol. The first kappa shape index (κ1) is 17.6. The van der Waals surface area contributed by atoms with Crippen molar-refractivity contribution in [2.75, 3.05) is 12.4 Å². The molecule has 21 heavy (non-hydrogen) atoms. The van der Waals surface area contributed by atoms with Gasteiger partial charge in [0.1, 0.15) is 5.75 Å². The standard InChI is InChI=1S/C15H16ClN3O.HI/c1-20-14-9-12(16)8-7-11(14)10-18-15(17)19-13-5-3-2-4-6-13;/h2-9H,10H2,1H3,(H3,17,18,19);1H. The van der Waals surface area contributed by atoms with Gasteiger partial charge in [-0.2, -0.15) is 0 Å². The Kier molecular flexibility index (Phi) is 7.31. The van der Waals surface area contributed by atoms with Crippen molar-refractivity contribution in [1.82, 2.24) is 0 Å². The van der Waals surface area contributed by atoms with Crippen molar-refractivity contribution >= 4 is 47.2 Å². The van der Waals surface area contributed by atoms with Crippen molar-refractivity contribution in [2.24, 2.45) is 10.7 Å². The maximum atomic E-state index is 5.91. The summed E-state index contributed by atoms with van der Waals surface area (Å²) in [6.07, 6.45) is 0. The molecule has 3 N–H and O–H groups in total. The predicted octanol–water partition coefficient (Wildman–Crippen LogP) is 3.89. The molecule has 6 heteroatoms. The van der Waals surface area contributed by atoms with Crippen LogP contribution in [-0.4, -0.2) is 13.1 Å². The summed E-state index contributed by atoms with van der Waals surface area (Å²) in [6.45, 7) is 0.423. The molecule has 2 aromatic rings. The number of aliphatic imine (C=N–C) groups is 1. The fourth-order valence-corrected chi connectivity index (χ4v) is 1.89. The molecule has 0 unspecified atom stereocenters. The molecule has 0 atom stereocenters. The third-order valence-corrected chi connectivity index (χ3v) is 2.95. The zero-order valence-corrected chi connectivity index (χ0v) is 14.6. The van der Waals surface area contributed by atoms with Crippen molar-refractivity contribution in [3.63, 3.8) is 0 Å². The van der Waals surface area contributed by atoms with Crippen LogP contribution in [0.25, 0.3) is 0 Å². The number of ether oxygens (including phenoxy) is 1. The van der Waals surface area contributed by atoms with E-state index in [2.05, 4.69) is 10.3 Å². The van der Waals surface area contributed by atoms with Crippen LogP contribution >= 0.6 is 35.6 Å². The topological polar surface area (TPSA) is 59.6 Å². The number of benzene rings is 2. The van der Waals surface area contributed by atoms with Gasteiger partial charge in [-0.15, -0.1) is 24.0 Å². The van der Waals surface area contributed by atoms with Gasteiger partial charge in [0.2, 0.25) is 0 Å². The number of methoxy groups -OCH3 is 1. The Bertz CT molecular complexity index is 605. The molecule has 0 heterocycles. The number of hydrogen-bond acceptors (Lipinski definition) is 2. The molecule has 0 saturated heterocycles. The summed E-state index contributed by atoms with van der Waals surface area (Å²) in [5.74, 6) is 1.06. The lowest BCUT2D eigenvalue weighted by Gasteiger charge is -2.08. The van der Waals surface area contributed by atoms with Crippen molar-refractivity contribution in [3.8, 4) is 5.75 Å². The number of nitrogens with one attached hydrogen (secondary N) is 1. The minimum atomic E-state index is 0. The maximum absolute atomic E-state index is 5.91. The summed E-state index contributed by atoms with van der Waals surface area (Å²) < 4.78 is 5.26. The van der Waals surface area contributed by atoms with Crippen LogP contribution in [0.1, 0.15) is 5.56 Å². The van der Waals surface area contributed by atoms with Crippen LogP contribution in [0.2, 0.25) is 5.02 Å². The van der Waals surface area contributed by atoms with Crippen LogP contribution in [0.4, 0.5) is 5.69 Å². The van der Waals surface area contributed by atoms with Gasteiger partial charge in [-0.05, 0) is 24.3 Å². The summed E-state index contributed by atoms with van der Waals surface area (Å²) in [4.78, 5) is 4.29. The second kappa shape index (κ2) is 8.74. The Labute approximate surface area is 146 Å². The van der Waals surface area contributed by atoms with E-state index in [4.69, 9.17) is 22.1 Å². The Morgan fingerprint density at radius 1 is 1.24 bits per heavy atom. The maximum Gasteiger partial charge on any atom is 0.193 e. The zero-order chi connectivity index (χ0) is 14.4. The van der Waals surface area contributed by atoms with Gasteiger partial charge < -0.3 is 15.8 Å². The number of hydrogen-bond donors (Lipinski definition) is 2. The quantitative estimate of drug-likeness (QED) is 0.451. The lowest BCUT2D eigenvalue weighted by molar-refractivity contribution is 0.410. The van der Waals surface area contributed by atoms with Gasteiger partial charge in [-0.1, -0.05) is 35.9 Å². The van der Waals surface area contributed by atoms with Gasteiger partial charge in [-0.25, -0.2) is 4.99 Å². The van der Waals surface area contributed by atoms with E-state index in [-0.39, 0.29) is 24.0 Å². The Balaban J connectivity index is 0.00000220. The highest BCUT2D eigenvalue weighted by Crippen LogP contribution is 2.23. The summed E-state index contributed by atoms with van der Waals surface area (Å²) in [5, 5.41) is 3.65. The fourth-order valence-electron chi connectivity index (χ4n) is 1.73. The second-order valence-corrected chi connectivity index (χ2v) is 4.59. The van der Waals surface area contributed by atoms with Crippen molar-refractivity contribution in [3.05, 3.63) is 59.1 Å². The lowest BCUT2D eigenvalue weighted by atomic mass is 10.2. The monoisotopic (exact) mass is 417 g/mol. The molecule has 0 spiro atoms. The number of para-hydroxylation sites is 1. The molecule has 0 saturated carbocycles. The highest BCUT2D eigenvalue weighted by Gasteiger charge is 2.03. The van der Waals surface area contributed by atoms with Crippen molar-refractivity contribution < 1.29 is 4.74 Å². The van der Waals surface area contributed by atoms with E-state index in [1.165, 1.54) is 0 Å². The third kappa shape index (κ3) is 5.43. The molecule has 0 fully saturated rings. The number of anilines is 1. The molecule has 0 aliphatic heterocycles. The van der Waals surface area contributed by atoms with Crippen molar-refractivity contribution in [2.45, 2.75) is 6.54 Å². The first-order valence-electron chi connectivity index (χ1n) is 6.13. The normalized spacial score (nSPS) is 10.7. The number of guanidine groups is 1. The number of nitrogens with zero attached hydrogens (tertiary/aromatic N) is 1. The van der Waals surface area contributed by atoms with Crippen LogP contribution in [0.5, 0.6) is 5.75 Å². The molecule has 112 valence electrons. The minimum absolute atomic E-state index is 0. The predicted molar refractivity (Wildman–Crippen MR) is 98.8 cm³/mol. The van der Waals surface area contributed by atoms with Crippen molar-refractivity contribution in [1.29, 1.82) is 0 Å². The molecule has 2 rings (SSSR count). The van der Waals surface area contributed by atoms with Gasteiger partial charge in [0.25, 0.3) is 0 Å². The van der Waals surface area contributed by atoms with Gasteiger partial charge >= 0.3 is 0 Å². The largest absolute Gasteiger partial charge is 0.496 e. The summed E-state index contributed by atoms with van der Waals surface area (Å²) >= 11 is 5.91. The lowest BCUT2D eigenvalue weighted by Crippen LogP contribution is -2.22. The first-order chi connectivity index (χ1) is 9.69. The molecule has 2 aromatic carbocycles. The van der Waals surface area contributed by atoms with E-state index >= 15 is 0 Å². The summed E-state index contributed by atoms with van der Waals surface area (Å²) in [5.41, 5.74) is 7.67. The first-order valence-corrected chi connectivity index (χ1v) is 6.51. The van der Waals surface area contributed by atoms with Gasteiger partial charge in [0.05, 0.1) is 13.7 Å². The molecule has 0 bridgehead atoms. The SMILES string of the molecule is COc1cc(Cl)ccc1CN=C(N)Nc1ccccc1.I. The summed E-state index contributed by atoms with van der Waals surface area (Å²) in [6, 6.07) is 15.1. The Hall–Kier alpha value is -1.47. The van der Waals surface area contributed by atoms with E-state index in [0.29, 0.717) is 23.3 Å². The second-order valence-electron chi connectivity index (χ2n) is 4.15. The smallest absolute Gasteiger partial charge is 0.193 e.